The van der Waals surface area contributed by atoms with Crippen LogP contribution in [-0.2, 0) is 6.54 Å². The normalized spacial score (nSPS) is 16.4. The summed E-state index contributed by atoms with van der Waals surface area (Å²) in [7, 11) is 1.44. The van der Waals surface area contributed by atoms with E-state index in [9.17, 15) is 13.2 Å². The molecule has 0 saturated heterocycles. The molecule has 0 fully saturated rings. The average Bonchev–Trinajstić information content (AvgIpc) is 2.52. The highest BCUT2D eigenvalue weighted by Crippen LogP contribution is 2.27. The molecule has 0 aliphatic heterocycles. The molecular formula is C10H15F3N2S. The fourth-order valence-electron chi connectivity index (χ4n) is 1.72. The summed E-state index contributed by atoms with van der Waals surface area (Å²) >= 11 is 1.47. The minimum Gasteiger partial charge on any atom is -0.326 e. The van der Waals surface area contributed by atoms with Crippen LogP contribution in [0.3, 0.4) is 0 Å². The first kappa shape index (κ1) is 13.5. The maximum absolute atomic E-state index is 12.7. The molecule has 2 nitrogen and oxygen atoms in total. The Morgan fingerprint density at radius 2 is 2.12 bits per heavy atom. The molecule has 0 radical (unpaired) electrons. The van der Waals surface area contributed by atoms with E-state index < -0.39 is 18.3 Å². The summed E-state index contributed by atoms with van der Waals surface area (Å²) in [6, 6.07) is -0.730. The molecule has 6 heteroatoms. The highest BCUT2D eigenvalue weighted by atomic mass is 32.1. The van der Waals surface area contributed by atoms with Gasteiger partial charge >= 0.3 is 6.18 Å². The van der Waals surface area contributed by atoms with Crippen molar-refractivity contribution in [3.8, 4) is 0 Å². The first-order valence-electron chi connectivity index (χ1n) is 4.86. The molecule has 0 aromatic carbocycles. The Kier molecular flexibility index (Phi) is 4.35. The maximum Gasteiger partial charge on any atom is 0.405 e. The number of alkyl halides is 3. The maximum atomic E-state index is 12.7. The molecule has 0 bridgehead atoms. The number of hydrogen-bond acceptors (Lipinski definition) is 3. The smallest absolute Gasteiger partial charge is 0.326 e. The van der Waals surface area contributed by atoms with E-state index in [1.807, 2.05) is 16.8 Å². The van der Waals surface area contributed by atoms with Crippen molar-refractivity contribution in [2.24, 2.45) is 5.73 Å². The first-order valence-corrected chi connectivity index (χ1v) is 5.80. The Bertz CT molecular complexity index is 308. The molecule has 1 rings (SSSR count). The minimum absolute atomic E-state index is 0.259. The topological polar surface area (TPSA) is 29.3 Å². The Morgan fingerprint density at radius 3 is 2.50 bits per heavy atom. The van der Waals surface area contributed by atoms with Gasteiger partial charge < -0.3 is 5.73 Å². The van der Waals surface area contributed by atoms with Gasteiger partial charge in [0.05, 0.1) is 0 Å². The Labute approximate surface area is 96.9 Å². The lowest BCUT2D eigenvalue weighted by Crippen LogP contribution is -2.53. The van der Waals surface area contributed by atoms with Crippen molar-refractivity contribution >= 4 is 11.3 Å². The molecule has 2 unspecified atom stereocenters. The van der Waals surface area contributed by atoms with Crippen molar-refractivity contribution < 1.29 is 13.2 Å². The predicted molar refractivity (Wildman–Crippen MR) is 59.3 cm³/mol. The van der Waals surface area contributed by atoms with E-state index in [1.54, 1.807) is 0 Å². The van der Waals surface area contributed by atoms with Gasteiger partial charge in [0.15, 0.2) is 0 Å². The Morgan fingerprint density at radius 1 is 1.50 bits per heavy atom. The third kappa shape index (κ3) is 3.47. The van der Waals surface area contributed by atoms with Gasteiger partial charge in [0.2, 0.25) is 0 Å². The van der Waals surface area contributed by atoms with Crippen molar-refractivity contribution in [3.63, 3.8) is 0 Å². The van der Waals surface area contributed by atoms with Gasteiger partial charge in [-0.25, -0.2) is 0 Å². The van der Waals surface area contributed by atoms with Crippen molar-refractivity contribution in [2.45, 2.75) is 31.7 Å². The van der Waals surface area contributed by atoms with E-state index in [0.717, 1.165) is 5.56 Å². The number of rotatable bonds is 4. The lowest BCUT2D eigenvalue weighted by Gasteiger charge is -2.32. The van der Waals surface area contributed by atoms with Crippen molar-refractivity contribution in [1.82, 2.24) is 4.90 Å². The second kappa shape index (κ2) is 5.16. The fraction of sp³-hybridized carbons (Fsp3) is 0.600. The highest BCUT2D eigenvalue weighted by molar-refractivity contribution is 7.07. The summed E-state index contributed by atoms with van der Waals surface area (Å²) in [5.41, 5.74) is 6.27. The molecule has 1 heterocycles. The highest BCUT2D eigenvalue weighted by Gasteiger charge is 2.44. The number of halogens is 3. The number of hydrogen-bond donors (Lipinski definition) is 1. The number of thiophene rings is 1. The first-order chi connectivity index (χ1) is 7.32. The van der Waals surface area contributed by atoms with Gasteiger partial charge in [-0.05, 0) is 36.4 Å². The Balaban J connectivity index is 2.72. The zero-order valence-electron chi connectivity index (χ0n) is 9.16. The van der Waals surface area contributed by atoms with Crippen molar-refractivity contribution in [2.75, 3.05) is 7.05 Å². The van der Waals surface area contributed by atoms with E-state index in [2.05, 4.69) is 0 Å². The van der Waals surface area contributed by atoms with Crippen molar-refractivity contribution in [3.05, 3.63) is 22.4 Å². The molecule has 16 heavy (non-hydrogen) atoms. The summed E-state index contributed by atoms with van der Waals surface area (Å²) in [6.45, 7) is 1.64. The summed E-state index contributed by atoms with van der Waals surface area (Å²) in [5.74, 6) is 0. The third-order valence-corrected chi connectivity index (χ3v) is 3.05. The molecule has 0 saturated carbocycles. The average molecular weight is 252 g/mol. The van der Waals surface area contributed by atoms with Crippen LogP contribution in [0.4, 0.5) is 13.2 Å². The molecule has 0 aliphatic rings. The summed E-state index contributed by atoms with van der Waals surface area (Å²) < 4.78 is 38.2. The van der Waals surface area contributed by atoms with Gasteiger partial charge in [-0.2, -0.15) is 24.5 Å². The molecular weight excluding hydrogens is 237 g/mol. The SMILES string of the molecule is CC(N)C(N(C)Cc1ccsc1)C(F)(F)F. The van der Waals surface area contributed by atoms with Crippen LogP contribution < -0.4 is 5.73 Å². The lowest BCUT2D eigenvalue weighted by molar-refractivity contribution is -0.185. The summed E-state index contributed by atoms with van der Waals surface area (Å²) in [4.78, 5) is 1.24. The van der Waals surface area contributed by atoms with E-state index >= 15 is 0 Å². The zero-order chi connectivity index (χ0) is 12.3. The van der Waals surface area contributed by atoms with Crippen LogP contribution in [0.15, 0.2) is 16.8 Å². The molecule has 2 N–H and O–H groups in total. The summed E-state index contributed by atoms with van der Waals surface area (Å²) in [6.07, 6.45) is -4.29. The predicted octanol–water partition coefficient (Wildman–Crippen LogP) is 2.46. The van der Waals surface area contributed by atoms with Gasteiger partial charge in [0.1, 0.15) is 6.04 Å². The lowest BCUT2D eigenvalue weighted by atomic mass is 10.1. The van der Waals surface area contributed by atoms with Crippen LogP contribution in [0.1, 0.15) is 12.5 Å². The fourth-order valence-corrected chi connectivity index (χ4v) is 2.38. The van der Waals surface area contributed by atoms with Crippen LogP contribution >= 0.6 is 11.3 Å². The minimum atomic E-state index is -4.29. The van der Waals surface area contributed by atoms with E-state index in [1.165, 1.54) is 30.2 Å². The van der Waals surface area contributed by atoms with Crippen LogP contribution in [0, 0.1) is 0 Å². The standard InChI is InChI=1S/C10H15F3N2S/c1-7(14)9(10(11,12)13)15(2)5-8-3-4-16-6-8/h3-4,6-7,9H,5,14H2,1-2H3. The van der Waals surface area contributed by atoms with Gasteiger partial charge in [0, 0.05) is 12.6 Å². The molecule has 92 valence electrons. The van der Waals surface area contributed by atoms with Gasteiger partial charge in [0.25, 0.3) is 0 Å². The largest absolute Gasteiger partial charge is 0.405 e. The molecule has 1 aromatic rings. The Hall–Kier alpha value is -0.590. The molecule has 2 atom stereocenters. The van der Waals surface area contributed by atoms with E-state index in [4.69, 9.17) is 5.73 Å². The van der Waals surface area contributed by atoms with Gasteiger partial charge in [-0.1, -0.05) is 0 Å². The number of nitrogens with zero attached hydrogens (tertiary/aromatic N) is 1. The van der Waals surface area contributed by atoms with Gasteiger partial charge in [-0.15, -0.1) is 0 Å². The van der Waals surface area contributed by atoms with Crippen LogP contribution in [-0.4, -0.2) is 30.2 Å². The quantitative estimate of drug-likeness (QED) is 0.892. The molecule has 0 aliphatic carbocycles. The molecule has 0 amide bonds. The zero-order valence-corrected chi connectivity index (χ0v) is 9.98. The van der Waals surface area contributed by atoms with Crippen molar-refractivity contribution in [1.29, 1.82) is 0 Å². The molecule has 0 spiro atoms. The number of nitrogens with two attached hydrogens (primary N) is 1. The monoisotopic (exact) mass is 252 g/mol. The summed E-state index contributed by atoms with van der Waals surface area (Å²) in [5, 5.41) is 3.68. The van der Waals surface area contributed by atoms with Crippen LogP contribution in [0.2, 0.25) is 0 Å². The number of likely N-dealkylation sites (N-methyl/N-ethyl adjacent to an activating group) is 1. The third-order valence-electron chi connectivity index (χ3n) is 2.32. The van der Waals surface area contributed by atoms with E-state index in [0.29, 0.717) is 0 Å². The van der Waals surface area contributed by atoms with Crippen LogP contribution in [0.5, 0.6) is 0 Å². The second-order valence-corrected chi connectivity index (χ2v) is 4.67. The van der Waals surface area contributed by atoms with Gasteiger partial charge in [-0.3, -0.25) is 4.90 Å². The molecule has 1 aromatic heterocycles. The second-order valence-electron chi connectivity index (χ2n) is 3.89. The van der Waals surface area contributed by atoms with E-state index in [-0.39, 0.29) is 6.54 Å². The van der Waals surface area contributed by atoms with Crippen LogP contribution in [0.25, 0.3) is 0 Å².